The molecule has 1 aliphatic carbocycles. The smallest absolute Gasteiger partial charge is 0.0361 e. The molecule has 0 aliphatic heterocycles. The summed E-state index contributed by atoms with van der Waals surface area (Å²) in [5.74, 6) is 0.933. The van der Waals surface area contributed by atoms with Crippen molar-refractivity contribution in [3.8, 4) is 0 Å². The molecule has 2 heteroatoms. The maximum Gasteiger partial charge on any atom is 0.0361 e. The molecular weight excluding hydrogens is 220 g/mol. The van der Waals surface area contributed by atoms with Crippen LogP contribution < -0.4 is 10.2 Å². The summed E-state index contributed by atoms with van der Waals surface area (Å²) in [6.45, 7) is 3.38. The first-order valence-corrected chi connectivity index (χ1v) is 7.15. The highest BCUT2D eigenvalue weighted by atomic mass is 15.1. The Morgan fingerprint density at radius 2 is 1.67 bits per heavy atom. The van der Waals surface area contributed by atoms with Crippen LogP contribution in [0, 0.1) is 5.92 Å². The largest absolute Gasteiger partial charge is 0.378 e. The molecule has 1 aromatic carbocycles. The minimum absolute atomic E-state index is 0.731. The predicted molar refractivity (Wildman–Crippen MR) is 79.0 cm³/mol. The fourth-order valence-corrected chi connectivity index (χ4v) is 2.64. The zero-order valence-corrected chi connectivity index (χ0v) is 11.9. The number of hydrogen-bond acceptors (Lipinski definition) is 2. The van der Waals surface area contributed by atoms with E-state index in [9.17, 15) is 0 Å². The Morgan fingerprint density at radius 3 is 2.22 bits per heavy atom. The molecule has 1 fully saturated rings. The van der Waals surface area contributed by atoms with E-state index in [1.165, 1.54) is 36.9 Å². The zero-order valence-electron chi connectivity index (χ0n) is 11.9. The van der Waals surface area contributed by atoms with Crippen LogP contribution in [-0.2, 0) is 6.54 Å². The summed E-state index contributed by atoms with van der Waals surface area (Å²) < 4.78 is 0. The van der Waals surface area contributed by atoms with Crippen molar-refractivity contribution >= 4 is 5.69 Å². The van der Waals surface area contributed by atoms with Crippen LogP contribution in [0.5, 0.6) is 0 Å². The molecule has 1 saturated carbocycles. The van der Waals surface area contributed by atoms with Gasteiger partial charge < -0.3 is 10.2 Å². The molecule has 0 heterocycles. The van der Waals surface area contributed by atoms with Gasteiger partial charge in [0.25, 0.3) is 0 Å². The summed E-state index contributed by atoms with van der Waals surface area (Å²) >= 11 is 0. The average molecular weight is 246 g/mol. The van der Waals surface area contributed by atoms with Crippen LogP contribution in [-0.4, -0.2) is 20.1 Å². The maximum atomic E-state index is 3.69. The summed E-state index contributed by atoms with van der Waals surface area (Å²) in [5.41, 5.74) is 2.66. The van der Waals surface area contributed by atoms with Crippen molar-refractivity contribution in [1.82, 2.24) is 5.32 Å². The van der Waals surface area contributed by atoms with E-state index in [4.69, 9.17) is 0 Å². The van der Waals surface area contributed by atoms with E-state index in [0.29, 0.717) is 0 Å². The highest BCUT2D eigenvalue weighted by Crippen LogP contribution is 2.23. The van der Waals surface area contributed by atoms with Gasteiger partial charge in [0.2, 0.25) is 0 Å². The monoisotopic (exact) mass is 246 g/mol. The van der Waals surface area contributed by atoms with Gasteiger partial charge in [0.1, 0.15) is 0 Å². The molecule has 1 N–H and O–H groups in total. The maximum absolute atomic E-state index is 3.69. The normalized spacial score (nSPS) is 23.9. The predicted octanol–water partition coefficient (Wildman–Crippen LogP) is 3.42. The fourth-order valence-electron chi connectivity index (χ4n) is 2.64. The van der Waals surface area contributed by atoms with Crippen molar-refractivity contribution in [2.24, 2.45) is 5.92 Å². The topological polar surface area (TPSA) is 15.3 Å². The van der Waals surface area contributed by atoms with Crippen LogP contribution >= 0.6 is 0 Å². The number of nitrogens with one attached hydrogen (secondary N) is 1. The van der Waals surface area contributed by atoms with Gasteiger partial charge >= 0.3 is 0 Å². The third-order valence-electron chi connectivity index (χ3n) is 4.06. The van der Waals surface area contributed by atoms with Gasteiger partial charge in [-0.3, -0.25) is 0 Å². The van der Waals surface area contributed by atoms with E-state index in [1.54, 1.807) is 0 Å². The molecule has 18 heavy (non-hydrogen) atoms. The van der Waals surface area contributed by atoms with E-state index in [0.717, 1.165) is 18.5 Å². The Balaban J connectivity index is 1.79. The van der Waals surface area contributed by atoms with Gasteiger partial charge in [0.05, 0.1) is 0 Å². The Hall–Kier alpha value is -1.02. The first kappa shape index (κ1) is 13.4. The van der Waals surface area contributed by atoms with E-state index >= 15 is 0 Å². The molecular formula is C16H26N2. The summed E-state index contributed by atoms with van der Waals surface area (Å²) in [7, 11) is 4.16. The number of benzene rings is 1. The lowest BCUT2D eigenvalue weighted by Gasteiger charge is -2.27. The van der Waals surface area contributed by atoms with Crippen molar-refractivity contribution in [3.63, 3.8) is 0 Å². The Kier molecular flexibility index (Phi) is 4.65. The van der Waals surface area contributed by atoms with Crippen molar-refractivity contribution in [2.75, 3.05) is 19.0 Å². The standard InChI is InChI=1S/C16H26N2/c1-13-4-8-15(9-5-13)17-12-14-6-10-16(11-7-14)18(2)3/h6-7,10-11,13,15,17H,4-5,8-9,12H2,1-3H3. The molecule has 1 aliphatic rings. The lowest BCUT2D eigenvalue weighted by atomic mass is 9.87. The number of hydrogen-bond donors (Lipinski definition) is 1. The van der Waals surface area contributed by atoms with Gasteiger partial charge in [-0.1, -0.05) is 19.1 Å². The van der Waals surface area contributed by atoms with Crippen molar-refractivity contribution in [3.05, 3.63) is 29.8 Å². The second kappa shape index (κ2) is 6.24. The van der Waals surface area contributed by atoms with Crippen LogP contribution in [0.15, 0.2) is 24.3 Å². The van der Waals surface area contributed by atoms with E-state index in [-0.39, 0.29) is 0 Å². The summed E-state index contributed by atoms with van der Waals surface area (Å²) in [6, 6.07) is 9.58. The van der Waals surface area contributed by atoms with Crippen LogP contribution in [0.1, 0.15) is 38.2 Å². The molecule has 2 rings (SSSR count). The molecule has 0 bridgehead atoms. The zero-order chi connectivity index (χ0) is 13.0. The third-order valence-corrected chi connectivity index (χ3v) is 4.06. The third kappa shape index (κ3) is 3.74. The lowest BCUT2D eigenvalue weighted by Crippen LogP contribution is -2.32. The van der Waals surface area contributed by atoms with Crippen molar-refractivity contribution < 1.29 is 0 Å². The van der Waals surface area contributed by atoms with Crippen LogP contribution in [0.25, 0.3) is 0 Å². The first-order chi connectivity index (χ1) is 8.65. The summed E-state index contributed by atoms with van der Waals surface area (Å²) in [4.78, 5) is 2.14. The van der Waals surface area contributed by atoms with Gasteiger partial charge in [0, 0.05) is 32.4 Å². The molecule has 0 saturated heterocycles. The summed E-state index contributed by atoms with van der Waals surface area (Å²) in [5, 5.41) is 3.69. The average Bonchev–Trinajstić information content (AvgIpc) is 2.38. The number of nitrogens with zero attached hydrogens (tertiary/aromatic N) is 1. The van der Waals surface area contributed by atoms with Crippen LogP contribution in [0.4, 0.5) is 5.69 Å². The highest BCUT2D eigenvalue weighted by molar-refractivity contribution is 5.45. The highest BCUT2D eigenvalue weighted by Gasteiger charge is 2.17. The molecule has 0 amide bonds. The Bertz CT molecular complexity index is 348. The number of rotatable bonds is 4. The van der Waals surface area contributed by atoms with E-state index in [2.05, 4.69) is 55.5 Å². The molecule has 100 valence electrons. The van der Waals surface area contributed by atoms with E-state index < -0.39 is 0 Å². The van der Waals surface area contributed by atoms with Gasteiger partial charge in [-0.15, -0.1) is 0 Å². The van der Waals surface area contributed by atoms with Crippen LogP contribution in [0.2, 0.25) is 0 Å². The van der Waals surface area contributed by atoms with Gasteiger partial charge in [0.15, 0.2) is 0 Å². The Morgan fingerprint density at radius 1 is 1.06 bits per heavy atom. The van der Waals surface area contributed by atoms with Gasteiger partial charge in [-0.2, -0.15) is 0 Å². The quantitative estimate of drug-likeness (QED) is 0.875. The molecule has 2 nitrogen and oxygen atoms in total. The number of anilines is 1. The Labute approximate surface area is 111 Å². The van der Waals surface area contributed by atoms with Gasteiger partial charge in [-0.05, 0) is 49.3 Å². The molecule has 0 unspecified atom stereocenters. The second-order valence-electron chi connectivity index (χ2n) is 5.90. The second-order valence-corrected chi connectivity index (χ2v) is 5.90. The summed E-state index contributed by atoms with van der Waals surface area (Å²) in [6.07, 6.45) is 5.46. The minimum Gasteiger partial charge on any atom is -0.378 e. The molecule has 1 aromatic rings. The van der Waals surface area contributed by atoms with Gasteiger partial charge in [-0.25, -0.2) is 0 Å². The molecule has 0 atom stereocenters. The molecule has 0 radical (unpaired) electrons. The molecule has 0 aromatic heterocycles. The van der Waals surface area contributed by atoms with Crippen molar-refractivity contribution in [1.29, 1.82) is 0 Å². The SMILES string of the molecule is CC1CCC(NCc2ccc(N(C)C)cc2)CC1. The first-order valence-electron chi connectivity index (χ1n) is 7.15. The van der Waals surface area contributed by atoms with Crippen molar-refractivity contribution in [2.45, 2.75) is 45.2 Å². The van der Waals surface area contributed by atoms with Crippen LogP contribution in [0.3, 0.4) is 0 Å². The minimum atomic E-state index is 0.731. The lowest BCUT2D eigenvalue weighted by molar-refractivity contribution is 0.306. The molecule has 0 spiro atoms. The van der Waals surface area contributed by atoms with E-state index in [1.807, 2.05) is 0 Å². The fraction of sp³-hybridized carbons (Fsp3) is 0.625.